The van der Waals surface area contributed by atoms with Crippen LogP contribution in [0, 0.1) is 0 Å². The van der Waals surface area contributed by atoms with Crippen molar-refractivity contribution in [1.29, 1.82) is 0 Å². The van der Waals surface area contributed by atoms with Gasteiger partial charge in [0.05, 0.1) is 17.8 Å². The maximum Gasteiger partial charge on any atom is 0.434 e. The number of hydrogen-bond acceptors (Lipinski definition) is 6. The fourth-order valence-corrected chi connectivity index (χ4v) is 4.16. The van der Waals surface area contributed by atoms with Gasteiger partial charge in [0, 0.05) is 25.0 Å². The average molecular weight is 545 g/mol. The predicted molar refractivity (Wildman–Crippen MR) is 130 cm³/mol. The highest BCUT2D eigenvalue weighted by Crippen LogP contribution is 2.31. The summed E-state index contributed by atoms with van der Waals surface area (Å²) in [4.78, 5) is 32.1. The maximum atomic E-state index is 13.0. The van der Waals surface area contributed by atoms with Crippen LogP contribution >= 0.6 is 0 Å². The van der Waals surface area contributed by atoms with Crippen molar-refractivity contribution in [3.63, 3.8) is 0 Å². The largest absolute Gasteiger partial charge is 0.434 e. The second-order valence-corrected chi connectivity index (χ2v) is 8.55. The normalized spacial score (nSPS) is 12.0. The van der Waals surface area contributed by atoms with Gasteiger partial charge in [-0.25, -0.2) is 24.7 Å². The van der Waals surface area contributed by atoms with Gasteiger partial charge in [-0.15, -0.1) is 0 Å². The first-order chi connectivity index (χ1) is 18.5. The Morgan fingerprint density at radius 3 is 2.46 bits per heavy atom. The third-order valence-corrected chi connectivity index (χ3v) is 5.96. The summed E-state index contributed by atoms with van der Waals surface area (Å²) in [5.41, 5.74) is 0.928. The van der Waals surface area contributed by atoms with E-state index in [0.29, 0.717) is 28.8 Å². The van der Waals surface area contributed by atoms with Crippen LogP contribution in [0.15, 0.2) is 53.6 Å². The van der Waals surface area contributed by atoms with Gasteiger partial charge in [-0.2, -0.15) is 22.0 Å². The second-order valence-electron chi connectivity index (χ2n) is 8.55. The Morgan fingerprint density at radius 1 is 1.08 bits per heavy atom. The third-order valence-electron chi connectivity index (χ3n) is 5.96. The lowest BCUT2D eigenvalue weighted by molar-refractivity contribution is -0.140. The molecule has 0 radical (unpaired) electrons. The number of hydrogen-bond donors (Lipinski definition) is 1. The molecule has 0 fully saturated rings. The number of pyridine rings is 1. The number of nitrogens with one attached hydrogen (secondary N) is 1. The molecule has 1 aromatic carbocycles. The molecule has 0 aliphatic rings. The molecule has 0 aliphatic carbocycles. The summed E-state index contributed by atoms with van der Waals surface area (Å²) in [5, 5.41) is 0. The van der Waals surface area contributed by atoms with Gasteiger partial charge >= 0.3 is 18.5 Å². The number of aromatic amines is 1. The van der Waals surface area contributed by atoms with Crippen molar-refractivity contribution < 1.29 is 26.7 Å². The number of aryl methyl sites for hydroxylation is 2. The van der Waals surface area contributed by atoms with Crippen LogP contribution in [0.25, 0.3) is 33.9 Å². The molecule has 5 aromatic rings. The van der Waals surface area contributed by atoms with Gasteiger partial charge in [0.25, 0.3) is 0 Å². The average Bonchev–Trinajstić information content (AvgIpc) is 3.44. The number of imidazole rings is 2. The van der Waals surface area contributed by atoms with Crippen LogP contribution in [0.2, 0.25) is 0 Å². The van der Waals surface area contributed by atoms with E-state index in [-0.39, 0.29) is 35.3 Å². The molecule has 5 rings (SSSR count). The SMILES string of the molecule is CCc1nc(-c2cccnc2OC(F)F)nc2c1[nH]c(=O)n2Cc1ccc(-c2nc(C(F)(F)F)cn2C)cc1. The lowest BCUT2D eigenvalue weighted by Crippen LogP contribution is -2.17. The minimum Gasteiger partial charge on any atom is -0.416 e. The summed E-state index contributed by atoms with van der Waals surface area (Å²) in [7, 11) is 1.47. The summed E-state index contributed by atoms with van der Waals surface area (Å²) in [5.74, 6) is -0.153. The van der Waals surface area contributed by atoms with Gasteiger partial charge < -0.3 is 14.3 Å². The van der Waals surface area contributed by atoms with E-state index in [1.807, 2.05) is 6.92 Å². The lowest BCUT2D eigenvalue weighted by atomic mass is 10.1. The minimum atomic E-state index is -4.56. The van der Waals surface area contributed by atoms with Crippen LogP contribution in [-0.4, -0.2) is 40.7 Å². The Labute approximate surface area is 217 Å². The molecule has 9 nitrogen and oxygen atoms in total. The highest BCUT2D eigenvalue weighted by atomic mass is 19.4. The van der Waals surface area contributed by atoms with E-state index in [1.54, 1.807) is 24.3 Å². The van der Waals surface area contributed by atoms with Gasteiger partial charge in [0.15, 0.2) is 17.2 Å². The highest BCUT2D eigenvalue weighted by molar-refractivity contribution is 5.77. The Kier molecular flexibility index (Phi) is 6.62. The fraction of sp³-hybridized carbons (Fsp3) is 0.240. The molecule has 202 valence electrons. The van der Waals surface area contributed by atoms with Crippen molar-refractivity contribution in [3.05, 3.63) is 76.2 Å². The molecule has 4 aromatic heterocycles. The molecular formula is C25H20F5N7O2. The smallest absolute Gasteiger partial charge is 0.416 e. The molecule has 0 aliphatic heterocycles. The van der Waals surface area contributed by atoms with E-state index < -0.39 is 24.2 Å². The first kappa shape index (κ1) is 26.0. The van der Waals surface area contributed by atoms with Gasteiger partial charge in [-0.1, -0.05) is 31.2 Å². The summed E-state index contributed by atoms with van der Waals surface area (Å²) >= 11 is 0. The molecule has 0 bridgehead atoms. The van der Waals surface area contributed by atoms with Gasteiger partial charge in [0.2, 0.25) is 5.88 Å². The van der Waals surface area contributed by atoms with Crippen molar-refractivity contribution in [2.45, 2.75) is 32.7 Å². The number of alkyl halides is 5. The number of halogens is 5. The van der Waals surface area contributed by atoms with E-state index in [0.717, 1.165) is 6.20 Å². The summed E-state index contributed by atoms with van der Waals surface area (Å²) in [6.45, 7) is -1.21. The summed E-state index contributed by atoms with van der Waals surface area (Å²) < 4.78 is 72.2. The first-order valence-electron chi connectivity index (χ1n) is 11.6. The zero-order valence-electron chi connectivity index (χ0n) is 20.5. The van der Waals surface area contributed by atoms with E-state index in [2.05, 4.69) is 29.7 Å². The van der Waals surface area contributed by atoms with Gasteiger partial charge in [-0.05, 0) is 24.1 Å². The lowest BCUT2D eigenvalue weighted by Gasteiger charge is -2.10. The summed E-state index contributed by atoms with van der Waals surface area (Å²) in [6, 6.07) is 9.57. The van der Waals surface area contributed by atoms with Gasteiger partial charge in [-0.3, -0.25) is 4.57 Å². The molecule has 0 unspecified atom stereocenters. The van der Waals surface area contributed by atoms with Crippen molar-refractivity contribution in [1.82, 2.24) is 34.1 Å². The van der Waals surface area contributed by atoms with Gasteiger partial charge in [0.1, 0.15) is 11.3 Å². The molecule has 0 saturated carbocycles. The Balaban J connectivity index is 1.52. The first-order valence-corrected chi connectivity index (χ1v) is 11.6. The van der Waals surface area contributed by atoms with Crippen LogP contribution in [-0.2, 0) is 26.2 Å². The third kappa shape index (κ3) is 5.09. The molecule has 0 amide bonds. The molecule has 0 spiro atoms. The Morgan fingerprint density at radius 2 is 1.82 bits per heavy atom. The fourth-order valence-electron chi connectivity index (χ4n) is 4.16. The number of nitrogens with zero attached hydrogens (tertiary/aromatic N) is 6. The predicted octanol–water partition coefficient (Wildman–Crippen LogP) is 4.81. The molecule has 0 saturated heterocycles. The monoisotopic (exact) mass is 545 g/mol. The van der Waals surface area contributed by atoms with E-state index in [4.69, 9.17) is 0 Å². The Hall–Kier alpha value is -4.62. The number of rotatable bonds is 7. The zero-order valence-corrected chi connectivity index (χ0v) is 20.5. The number of H-pyrrole nitrogens is 1. The molecule has 39 heavy (non-hydrogen) atoms. The van der Waals surface area contributed by atoms with Crippen LogP contribution in [0.4, 0.5) is 22.0 Å². The van der Waals surface area contributed by atoms with E-state index in [1.165, 1.54) is 34.5 Å². The summed E-state index contributed by atoms with van der Waals surface area (Å²) in [6.07, 6.45) is -1.94. The van der Waals surface area contributed by atoms with Crippen LogP contribution in [0.1, 0.15) is 23.9 Å². The van der Waals surface area contributed by atoms with E-state index >= 15 is 0 Å². The van der Waals surface area contributed by atoms with Crippen molar-refractivity contribution in [3.8, 4) is 28.7 Å². The number of fused-ring (bicyclic) bond motifs is 1. The highest BCUT2D eigenvalue weighted by Gasteiger charge is 2.34. The van der Waals surface area contributed by atoms with Crippen LogP contribution in [0.3, 0.4) is 0 Å². The van der Waals surface area contributed by atoms with Crippen molar-refractivity contribution in [2.24, 2.45) is 7.05 Å². The van der Waals surface area contributed by atoms with Crippen molar-refractivity contribution >= 4 is 11.2 Å². The standard InChI is InChI=1S/C25H20F5N7O2/c1-3-16-18-21(35-19(32-16)15-5-4-10-31-22(15)39-23(26)27)37(24(38)34-18)11-13-6-8-14(9-7-13)20-33-17(12-36(20)2)25(28,29)30/h4-10,12,23H,3,11H2,1-2H3,(H,34,38). The molecular weight excluding hydrogens is 525 g/mol. The molecule has 0 atom stereocenters. The van der Waals surface area contributed by atoms with Crippen molar-refractivity contribution in [2.75, 3.05) is 0 Å². The topological polar surface area (TPSA) is 104 Å². The number of aromatic nitrogens is 7. The van der Waals surface area contributed by atoms with Crippen LogP contribution in [0.5, 0.6) is 5.88 Å². The number of benzene rings is 1. The van der Waals surface area contributed by atoms with E-state index in [9.17, 15) is 26.7 Å². The molecule has 4 heterocycles. The zero-order chi connectivity index (χ0) is 27.9. The van der Waals surface area contributed by atoms with Crippen LogP contribution < -0.4 is 10.4 Å². The second kappa shape index (κ2) is 9.93. The minimum absolute atomic E-state index is 0.0569. The molecule has 1 N–H and O–H groups in total. The number of ether oxygens (including phenoxy) is 1. The Bertz CT molecular complexity index is 1710. The molecule has 14 heteroatoms. The quantitative estimate of drug-likeness (QED) is 0.295. The maximum absolute atomic E-state index is 13.0.